The fourth-order valence-corrected chi connectivity index (χ4v) is 4.46. The quantitative estimate of drug-likeness (QED) is 0.486. The van der Waals surface area contributed by atoms with Crippen molar-refractivity contribution in [3.05, 3.63) is 54.5 Å². The van der Waals surface area contributed by atoms with Crippen LogP contribution in [0.1, 0.15) is 12.7 Å². The summed E-state index contributed by atoms with van der Waals surface area (Å²) in [5.41, 5.74) is 9.06. The molecule has 5 rings (SSSR count). The third kappa shape index (κ3) is 3.43. The molecule has 2 aromatic heterocycles. The minimum absolute atomic E-state index is 0.506. The van der Waals surface area contributed by atoms with E-state index in [1.165, 1.54) is 0 Å². The molecule has 152 valence electrons. The number of thioether (sulfide) groups is 1. The highest BCUT2D eigenvalue weighted by Gasteiger charge is 2.17. The van der Waals surface area contributed by atoms with E-state index in [9.17, 15) is 0 Å². The standard InChI is InChI=1S/C22H21N5O2S/c1-2-27-17(14-7-8-18-19(11-14)29-10-9-28-18)12-24-22(27)30-13-20-25-16-6-4-3-5-15(16)21(23)26-20/h3-8,11-12H,2,9-10,13H2,1H3,(H2,23,25,26). The van der Waals surface area contributed by atoms with Gasteiger partial charge >= 0.3 is 0 Å². The Morgan fingerprint density at radius 1 is 1.07 bits per heavy atom. The van der Waals surface area contributed by atoms with E-state index in [0.717, 1.165) is 45.4 Å². The number of hydrogen-bond donors (Lipinski definition) is 1. The van der Waals surface area contributed by atoms with E-state index < -0.39 is 0 Å². The number of nitrogens with two attached hydrogens (primary N) is 1. The first-order valence-corrected chi connectivity index (χ1v) is 10.8. The van der Waals surface area contributed by atoms with Gasteiger partial charge in [0.15, 0.2) is 16.7 Å². The van der Waals surface area contributed by atoms with E-state index in [4.69, 9.17) is 15.2 Å². The van der Waals surface area contributed by atoms with Gasteiger partial charge in [-0.1, -0.05) is 23.9 Å². The number of aromatic nitrogens is 4. The van der Waals surface area contributed by atoms with Gasteiger partial charge in [-0.2, -0.15) is 0 Å². The summed E-state index contributed by atoms with van der Waals surface area (Å²) in [5.74, 6) is 3.35. The predicted molar refractivity (Wildman–Crippen MR) is 118 cm³/mol. The number of ether oxygens (including phenoxy) is 2. The summed E-state index contributed by atoms with van der Waals surface area (Å²) >= 11 is 1.60. The Morgan fingerprint density at radius 2 is 1.90 bits per heavy atom. The highest BCUT2D eigenvalue weighted by molar-refractivity contribution is 7.98. The molecular formula is C22H21N5O2S. The molecule has 2 N–H and O–H groups in total. The van der Waals surface area contributed by atoms with E-state index >= 15 is 0 Å². The van der Waals surface area contributed by atoms with Crippen LogP contribution in [0, 0.1) is 0 Å². The van der Waals surface area contributed by atoms with Crippen molar-refractivity contribution in [2.75, 3.05) is 18.9 Å². The van der Waals surface area contributed by atoms with Gasteiger partial charge in [-0.3, -0.25) is 0 Å². The van der Waals surface area contributed by atoms with Gasteiger partial charge < -0.3 is 19.8 Å². The van der Waals surface area contributed by atoms with Crippen LogP contribution < -0.4 is 15.2 Å². The summed E-state index contributed by atoms with van der Waals surface area (Å²) in [6, 6.07) is 13.8. The lowest BCUT2D eigenvalue weighted by atomic mass is 10.1. The second-order valence-corrected chi connectivity index (χ2v) is 7.80. The molecule has 30 heavy (non-hydrogen) atoms. The summed E-state index contributed by atoms with van der Waals surface area (Å²) in [6.07, 6.45) is 1.90. The molecule has 3 heterocycles. The zero-order valence-corrected chi connectivity index (χ0v) is 17.4. The van der Waals surface area contributed by atoms with Crippen molar-refractivity contribution in [1.82, 2.24) is 19.5 Å². The zero-order chi connectivity index (χ0) is 20.5. The van der Waals surface area contributed by atoms with Gasteiger partial charge in [0.05, 0.1) is 23.2 Å². The molecule has 1 aliphatic heterocycles. The monoisotopic (exact) mass is 419 g/mol. The molecule has 0 saturated heterocycles. The van der Waals surface area contributed by atoms with Crippen molar-refractivity contribution in [1.29, 1.82) is 0 Å². The third-order valence-corrected chi connectivity index (χ3v) is 5.97. The number of nitrogen functional groups attached to an aromatic ring is 1. The van der Waals surface area contributed by atoms with E-state index in [2.05, 4.69) is 26.4 Å². The number of nitrogens with zero attached hydrogens (tertiary/aromatic N) is 4. The molecule has 8 heteroatoms. The lowest BCUT2D eigenvalue weighted by Crippen LogP contribution is -2.15. The summed E-state index contributed by atoms with van der Waals surface area (Å²) in [7, 11) is 0. The molecule has 0 spiro atoms. The fraction of sp³-hybridized carbons (Fsp3) is 0.227. The maximum absolute atomic E-state index is 6.11. The molecule has 0 radical (unpaired) electrons. The normalized spacial score (nSPS) is 13.0. The number of hydrogen-bond acceptors (Lipinski definition) is 7. The first kappa shape index (κ1) is 18.7. The molecule has 1 aliphatic rings. The number of imidazole rings is 1. The van der Waals surface area contributed by atoms with Crippen LogP contribution in [0.4, 0.5) is 5.82 Å². The maximum atomic E-state index is 6.11. The Balaban J connectivity index is 1.41. The predicted octanol–water partition coefficient (Wildman–Crippen LogP) is 4.16. The Bertz CT molecular complexity index is 1220. The van der Waals surface area contributed by atoms with Gasteiger partial charge in [0, 0.05) is 17.5 Å². The van der Waals surface area contributed by atoms with Crippen molar-refractivity contribution in [2.45, 2.75) is 24.4 Å². The van der Waals surface area contributed by atoms with Crippen molar-refractivity contribution in [3.8, 4) is 22.8 Å². The van der Waals surface area contributed by atoms with Crippen molar-refractivity contribution in [2.24, 2.45) is 0 Å². The van der Waals surface area contributed by atoms with Gasteiger partial charge in [0.2, 0.25) is 0 Å². The number of rotatable bonds is 5. The fourth-order valence-electron chi connectivity index (χ4n) is 3.56. The van der Waals surface area contributed by atoms with Crippen molar-refractivity contribution < 1.29 is 9.47 Å². The van der Waals surface area contributed by atoms with E-state index in [0.29, 0.717) is 30.6 Å². The Labute approximate surface area is 178 Å². The van der Waals surface area contributed by atoms with Crippen LogP contribution in [0.5, 0.6) is 11.5 Å². The van der Waals surface area contributed by atoms with Crippen LogP contribution in [0.15, 0.2) is 53.8 Å². The molecule has 0 saturated carbocycles. The Kier molecular flexibility index (Phi) is 4.92. The first-order valence-electron chi connectivity index (χ1n) is 9.82. The SMILES string of the molecule is CCn1c(-c2ccc3c(c2)OCCO3)cnc1SCc1nc(N)c2ccccc2n1. The second kappa shape index (κ2) is 7.87. The van der Waals surface area contributed by atoms with Gasteiger partial charge in [-0.15, -0.1) is 0 Å². The molecule has 7 nitrogen and oxygen atoms in total. The van der Waals surface area contributed by atoms with Crippen LogP contribution in [-0.4, -0.2) is 32.7 Å². The Morgan fingerprint density at radius 3 is 2.77 bits per heavy atom. The van der Waals surface area contributed by atoms with Gasteiger partial charge in [0.1, 0.15) is 24.9 Å². The van der Waals surface area contributed by atoms with Gasteiger partial charge in [-0.25, -0.2) is 15.0 Å². The lowest BCUT2D eigenvalue weighted by Gasteiger charge is -2.19. The highest BCUT2D eigenvalue weighted by atomic mass is 32.2. The Hall–Kier alpha value is -3.26. The van der Waals surface area contributed by atoms with Crippen LogP contribution in [0.25, 0.3) is 22.2 Å². The molecule has 4 aromatic rings. The molecule has 2 aromatic carbocycles. The van der Waals surface area contributed by atoms with Gasteiger partial charge in [-0.05, 0) is 37.3 Å². The first-order chi connectivity index (χ1) is 14.7. The van der Waals surface area contributed by atoms with E-state index in [-0.39, 0.29) is 0 Å². The molecule has 0 fully saturated rings. The topological polar surface area (TPSA) is 88.1 Å². The third-order valence-electron chi connectivity index (χ3n) is 4.98. The van der Waals surface area contributed by atoms with Crippen LogP contribution in [-0.2, 0) is 12.3 Å². The second-order valence-electron chi connectivity index (χ2n) is 6.86. The number of fused-ring (bicyclic) bond motifs is 2. The minimum Gasteiger partial charge on any atom is -0.486 e. The van der Waals surface area contributed by atoms with Crippen LogP contribution in [0.3, 0.4) is 0 Å². The average molecular weight is 420 g/mol. The highest BCUT2D eigenvalue weighted by Crippen LogP contribution is 2.36. The summed E-state index contributed by atoms with van der Waals surface area (Å²) in [5, 5.41) is 1.79. The molecule has 0 atom stereocenters. The summed E-state index contributed by atoms with van der Waals surface area (Å²) in [6.45, 7) is 4.06. The largest absolute Gasteiger partial charge is 0.486 e. The number of para-hydroxylation sites is 1. The van der Waals surface area contributed by atoms with E-state index in [1.807, 2.05) is 48.7 Å². The maximum Gasteiger partial charge on any atom is 0.168 e. The molecule has 0 unspecified atom stereocenters. The van der Waals surface area contributed by atoms with Crippen molar-refractivity contribution >= 4 is 28.5 Å². The van der Waals surface area contributed by atoms with Crippen LogP contribution in [0.2, 0.25) is 0 Å². The minimum atomic E-state index is 0.506. The smallest absolute Gasteiger partial charge is 0.168 e. The molecule has 0 amide bonds. The number of anilines is 1. The molecule has 0 bridgehead atoms. The molecule has 0 aliphatic carbocycles. The molecular weight excluding hydrogens is 398 g/mol. The van der Waals surface area contributed by atoms with Crippen LogP contribution >= 0.6 is 11.8 Å². The van der Waals surface area contributed by atoms with E-state index in [1.54, 1.807) is 11.8 Å². The number of benzene rings is 2. The summed E-state index contributed by atoms with van der Waals surface area (Å²) < 4.78 is 13.5. The summed E-state index contributed by atoms with van der Waals surface area (Å²) in [4.78, 5) is 13.7. The zero-order valence-electron chi connectivity index (χ0n) is 16.5. The average Bonchev–Trinajstić information content (AvgIpc) is 3.20. The van der Waals surface area contributed by atoms with Crippen molar-refractivity contribution in [3.63, 3.8) is 0 Å². The lowest BCUT2D eigenvalue weighted by molar-refractivity contribution is 0.171. The van der Waals surface area contributed by atoms with Gasteiger partial charge in [0.25, 0.3) is 0 Å².